The van der Waals surface area contributed by atoms with Crippen LogP contribution in [-0.4, -0.2) is 27.2 Å². The molecule has 0 bridgehead atoms. The molecule has 120 valence electrons. The van der Waals surface area contributed by atoms with Gasteiger partial charge in [-0.1, -0.05) is 17.3 Å². The van der Waals surface area contributed by atoms with E-state index in [0.717, 1.165) is 34.6 Å². The highest BCUT2D eigenvalue weighted by Crippen LogP contribution is 2.20. The van der Waals surface area contributed by atoms with Gasteiger partial charge in [0.25, 0.3) is 0 Å². The molecular weight excluding hydrogens is 304 g/mol. The molecule has 0 saturated carbocycles. The highest BCUT2D eigenvalue weighted by atomic mass is 16.5. The number of methoxy groups -OCH3 is 1. The lowest BCUT2D eigenvalue weighted by atomic mass is 10.2. The van der Waals surface area contributed by atoms with Crippen molar-refractivity contribution in [2.24, 2.45) is 0 Å². The number of rotatable bonds is 5. The second-order valence-corrected chi connectivity index (χ2v) is 5.44. The third-order valence-corrected chi connectivity index (χ3v) is 3.83. The first-order valence-corrected chi connectivity index (χ1v) is 7.72. The summed E-state index contributed by atoms with van der Waals surface area (Å²) >= 11 is 0. The van der Waals surface area contributed by atoms with E-state index in [-0.39, 0.29) is 0 Å². The molecule has 0 radical (unpaired) electrons. The Morgan fingerprint density at radius 1 is 1.00 bits per heavy atom. The van der Waals surface area contributed by atoms with Crippen molar-refractivity contribution in [3.05, 3.63) is 60.2 Å². The van der Waals surface area contributed by atoms with Crippen LogP contribution in [-0.2, 0) is 12.8 Å². The Kier molecular flexibility index (Phi) is 3.70. The normalized spacial score (nSPS) is 11.0. The minimum absolute atomic E-state index is 0.581. The molecule has 0 fully saturated rings. The van der Waals surface area contributed by atoms with Gasteiger partial charge in [-0.25, -0.2) is 4.98 Å². The van der Waals surface area contributed by atoms with Crippen molar-refractivity contribution in [1.29, 1.82) is 0 Å². The molecule has 2 aromatic carbocycles. The molecule has 0 spiro atoms. The monoisotopic (exact) mass is 320 g/mol. The van der Waals surface area contributed by atoms with E-state index in [2.05, 4.69) is 20.1 Å². The highest BCUT2D eigenvalue weighted by Gasteiger charge is 2.10. The van der Waals surface area contributed by atoms with Crippen LogP contribution in [0.4, 0.5) is 0 Å². The van der Waals surface area contributed by atoms with Gasteiger partial charge in [0.05, 0.1) is 18.1 Å². The summed E-state index contributed by atoms with van der Waals surface area (Å²) in [4.78, 5) is 12.3. The zero-order chi connectivity index (χ0) is 16.4. The van der Waals surface area contributed by atoms with Crippen molar-refractivity contribution in [3.8, 4) is 17.1 Å². The molecule has 6 nitrogen and oxygen atoms in total. The van der Waals surface area contributed by atoms with Gasteiger partial charge in [-0.05, 0) is 36.4 Å². The molecule has 0 atom stereocenters. The molecule has 1 N–H and O–H groups in total. The number of benzene rings is 2. The van der Waals surface area contributed by atoms with E-state index in [9.17, 15) is 0 Å². The summed E-state index contributed by atoms with van der Waals surface area (Å²) < 4.78 is 10.5. The molecule has 2 heterocycles. The van der Waals surface area contributed by atoms with Crippen molar-refractivity contribution in [3.63, 3.8) is 0 Å². The Morgan fingerprint density at radius 3 is 2.62 bits per heavy atom. The van der Waals surface area contributed by atoms with Gasteiger partial charge in [0.1, 0.15) is 11.6 Å². The number of nitrogens with zero attached hydrogens (tertiary/aromatic N) is 3. The fourth-order valence-corrected chi connectivity index (χ4v) is 2.56. The summed E-state index contributed by atoms with van der Waals surface area (Å²) in [5.74, 6) is 2.89. The predicted molar refractivity (Wildman–Crippen MR) is 89.8 cm³/mol. The van der Waals surface area contributed by atoms with Crippen LogP contribution in [0.5, 0.6) is 5.75 Å². The molecule has 24 heavy (non-hydrogen) atoms. The van der Waals surface area contributed by atoms with E-state index in [1.807, 2.05) is 48.5 Å². The van der Waals surface area contributed by atoms with Gasteiger partial charge in [0, 0.05) is 18.4 Å². The van der Waals surface area contributed by atoms with Gasteiger partial charge in [0.2, 0.25) is 11.7 Å². The first-order chi connectivity index (χ1) is 11.8. The summed E-state index contributed by atoms with van der Waals surface area (Å²) in [5.41, 5.74) is 2.91. The van der Waals surface area contributed by atoms with Crippen molar-refractivity contribution < 1.29 is 9.26 Å². The van der Waals surface area contributed by atoms with Crippen molar-refractivity contribution in [1.82, 2.24) is 20.1 Å². The minimum atomic E-state index is 0.581. The first kappa shape index (κ1) is 14.4. The topological polar surface area (TPSA) is 76.8 Å². The van der Waals surface area contributed by atoms with Gasteiger partial charge in [-0.3, -0.25) is 0 Å². The Hall–Kier alpha value is -3.15. The lowest BCUT2D eigenvalue weighted by molar-refractivity contribution is 0.378. The molecule has 0 aliphatic rings. The maximum atomic E-state index is 5.34. The van der Waals surface area contributed by atoms with Gasteiger partial charge in [-0.15, -0.1) is 0 Å². The van der Waals surface area contributed by atoms with Gasteiger partial charge in [-0.2, -0.15) is 4.98 Å². The number of para-hydroxylation sites is 2. The average Bonchev–Trinajstić information content (AvgIpc) is 3.26. The van der Waals surface area contributed by atoms with Crippen LogP contribution >= 0.6 is 0 Å². The number of hydrogen-bond donors (Lipinski definition) is 1. The summed E-state index contributed by atoms with van der Waals surface area (Å²) in [7, 11) is 1.64. The standard InChI is InChI=1S/C18H16N4O2/c1-23-13-8-6-12(7-9-13)18-21-17(24-22-18)11-10-16-19-14-4-2-3-5-15(14)20-16/h2-9H,10-11H2,1H3,(H,19,20). The van der Waals surface area contributed by atoms with Crippen LogP contribution in [0.15, 0.2) is 53.1 Å². The van der Waals surface area contributed by atoms with Gasteiger partial charge < -0.3 is 14.2 Å². The fraction of sp³-hybridized carbons (Fsp3) is 0.167. The highest BCUT2D eigenvalue weighted by molar-refractivity contribution is 5.74. The van der Waals surface area contributed by atoms with Crippen LogP contribution in [0.3, 0.4) is 0 Å². The molecule has 0 aliphatic carbocycles. The quantitative estimate of drug-likeness (QED) is 0.610. The summed E-state index contributed by atoms with van der Waals surface area (Å²) in [5, 5.41) is 4.04. The smallest absolute Gasteiger partial charge is 0.227 e. The number of fused-ring (bicyclic) bond motifs is 1. The van der Waals surface area contributed by atoms with E-state index in [1.54, 1.807) is 7.11 Å². The SMILES string of the molecule is COc1ccc(-c2noc(CCc3nc4ccccc4[nH]3)n2)cc1. The number of imidazole rings is 1. The van der Waals surface area contributed by atoms with Crippen LogP contribution < -0.4 is 4.74 Å². The third kappa shape index (κ3) is 2.86. The van der Waals surface area contributed by atoms with Crippen molar-refractivity contribution in [2.75, 3.05) is 7.11 Å². The van der Waals surface area contributed by atoms with E-state index >= 15 is 0 Å². The predicted octanol–water partition coefficient (Wildman–Crippen LogP) is 3.41. The van der Waals surface area contributed by atoms with Crippen LogP contribution in [0, 0.1) is 0 Å². The van der Waals surface area contributed by atoms with Crippen LogP contribution in [0.2, 0.25) is 0 Å². The van der Waals surface area contributed by atoms with Gasteiger partial charge in [0.15, 0.2) is 0 Å². The summed E-state index contributed by atoms with van der Waals surface area (Å²) in [6, 6.07) is 15.5. The number of H-pyrrole nitrogens is 1. The molecule has 6 heteroatoms. The van der Waals surface area contributed by atoms with E-state index in [0.29, 0.717) is 18.1 Å². The van der Waals surface area contributed by atoms with Crippen molar-refractivity contribution in [2.45, 2.75) is 12.8 Å². The Morgan fingerprint density at radius 2 is 1.83 bits per heavy atom. The second kappa shape index (κ2) is 6.16. The first-order valence-electron chi connectivity index (χ1n) is 7.72. The molecule has 0 amide bonds. The molecule has 2 aromatic heterocycles. The second-order valence-electron chi connectivity index (χ2n) is 5.44. The molecule has 0 aliphatic heterocycles. The zero-order valence-electron chi connectivity index (χ0n) is 13.2. The number of hydrogen-bond acceptors (Lipinski definition) is 5. The van der Waals surface area contributed by atoms with Gasteiger partial charge >= 0.3 is 0 Å². The molecule has 4 rings (SSSR count). The Bertz CT molecular complexity index is 923. The van der Waals surface area contributed by atoms with E-state index < -0.39 is 0 Å². The number of ether oxygens (including phenoxy) is 1. The lowest BCUT2D eigenvalue weighted by Crippen LogP contribution is -1.93. The molecule has 0 saturated heterocycles. The number of nitrogens with one attached hydrogen (secondary N) is 1. The Balaban J connectivity index is 1.46. The summed E-state index contributed by atoms with van der Waals surface area (Å²) in [6.45, 7) is 0. The van der Waals surface area contributed by atoms with E-state index in [1.165, 1.54) is 0 Å². The number of aryl methyl sites for hydroxylation is 2. The third-order valence-electron chi connectivity index (χ3n) is 3.83. The molecule has 4 aromatic rings. The fourth-order valence-electron chi connectivity index (χ4n) is 2.56. The molecule has 0 unspecified atom stereocenters. The summed E-state index contributed by atoms with van der Waals surface area (Å²) in [6.07, 6.45) is 1.36. The largest absolute Gasteiger partial charge is 0.497 e. The number of aromatic amines is 1. The van der Waals surface area contributed by atoms with Crippen molar-refractivity contribution >= 4 is 11.0 Å². The Labute approximate surface area is 138 Å². The maximum Gasteiger partial charge on any atom is 0.227 e. The maximum absolute atomic E-state index is 5.34. The van der Waals surface area contributed by atoms with E-state index in [4.69, 9.17) is 9.26 Å². The minimum Gasteiger partial charge on any atom is -0.497 e. The number of aromatic nitrogens is 4. The lowest BCUT2D eigenvalue weighted by Gasteiger charge is -1.98. The average molecular weight is 320 g/mol. The van der Waals surface area contributed by atoms with Crippen LogP contribution in [0.1, 0.15) is 11.7 Å². The molecular formula is C18H16N4O2. The van der Waals surface area contributed by atoms with Crippen LogP contribution in [0.25, 0.3) is 22.4 Å². The zero-order valence-corrected chi connectivity index (χ0v) is 13.2.